The van der Waals surface area contributed by atoms with E-state index in [-0.39, 0.29) is 12.4 Å². The number of hydrogen-bond acceptors (Lipinski definition) is 3. The fourth-order valence-corrected chi connectivity index (χ4v) is 2.68. The van der Waals surface area contributed by atoms with Gasteiger partial charge in [-0.05, 0) is 29.4 Å². The maximum atomic E-state index is 12.5. The summed E-state index contributed by atoms with van der Waals surface area (Å²) in [6.07, 6.45) is -6.61. The summed E-state index contributed by atoms with van der Waals surface area (Å²) in [6.45, 7) is 2.90. The molecule has 9 heteroatoms. The highest BCUT2D eigenvalue weighted by atomic mass is 35.5. The maximum Gasteiger partial charge on any atom is 0.426 e. The van der Waals surface area contributed by atoms with Crippen LogP contribution in [0.25, 0.3) is 0 Å². The minimum atomic E-state index is -4.67. The molecule has 2 rings (SSSR count). The molecule has 1 fully saturated rings. The van der Waals surface area contributed by atoms with Crippen molar-refractivity contribution in [2.75, 3.05) is 6.61 Å². The van der Waals surface area contributed by atoms with Gasteiger partial charge in [0.25, 0.3) is 6.43 Å². The van der Waals surface area contributed by atoms with E-state index in [2.05, 4.69) is 11.8 Å². The van der Waals surface area contributed by atoms with E-state index in [4.69, 9.17) is 20.8 Å². The van der Waals surface area contributed by atoms with Gasteiger partial charge in [-0.15, -0.1) is 0 Å². The van der Waals surface area contributed by atoms with Gasteiger partial charge in [0.05, 0.1) is 5.92 Å². The van der Waals surface area contributed by atoms with Crippen LogP contribution in [-0.4, -0.2) is 18.8 Å². The smallest absolute Gasteiger partial charge is 0.426 e. The van der Waals surface area contributed by atoms with Crippen molar-refractivity contribution in [2.24, 2.45) is 17.3 Å². The first-order valence-corrected chi connectivity index (χ1v) is 7.80. The molecule has 1 aliphatic rings. The Kier molecular flexibility index (Phi) is 5.71. The molecule has 3 nitrogen and oxygen atoms in total. The highest BCUT2D eigenvalue weighted by Crippen LogP contribution is 2.60. The number of esters is 1. The number of carbonyl (C=O) groups excluding carboxylic acids is 1. The van der Waals surface area contributed by atoms with Gasteiger partial charge in [0.15, 0.2) is 18.1 Å². The highest BCUT2D eigenvalue weighted by Gasteiger charge is 2.62. The van der Waals surface area contributed by atoms with Crippen LogP contribution in [0.15, 0.2) is 27.7 Å². The topological polar surface area (TPSA) is 39.4 Å². The molecule has 1 saturated carbocycles. The SMILES string of the molecule is CC1(C)[C@H](/C=C(\Cl)C(F)(F)F)[C@H]1C(=O)OCC#Cc1ccc(C(F)F)o1. The monoisotopic (exact) mass is 396 g/mol. The second-order valence-corrected chi connectivity index (χ2v) is 6.66. The molecule has 1 aliphatic carbocycles. The van der Waals surface area contributed by atoms with E-state index in [1.165, 1.54) is 6.07 Å². The van der Waals surface area contributed by atoms with Crippen LogP contribution in [0.5, 0.6) is 0 Å². The summed E-state index contributed by atoms with van der Waals surface area (Å²) in [6, 6.07) is 2.33. The fraction of sp³-hybridized carbons (Fsp3) is 0.471. The molecule has 0 N–H and O–H groups in total. The van der Waals surface area contributed by atoms with Crippen molar-refractivity contribution in [1.29, 1.82) is 0 Å². The second kappa shape index (κ2) is 7.31. The normalized spacial score (nSPS) is 22.0. The average molecular weight is 397 g/mol. The van der Waals surface area contributed by atoms with Crippen molar-refractivity contribution < 1.29 is 35.9 Å². The Morgan fingerprint density at radius 3 is 2.62 bits per heavy atom. The van der Waals surface area contributed by atoms with Crippen molar-refractivity contribution in [3.63, 3.8) is 0 Å². The van der Waals surface area contributed by atoms with E-state index in [1.54, 1.807) is 13.8 Å². The van der Waals surface area contributed by atoms with Crippen LogP contribution in [0.2, 0.25) is 0 Å². The van der Waals surface area contributed by atoms with E-state index >= 15 is 0 Å². The average Bonchev–Trinajstić information content (AvgIpc) is 2.87. The number of hydrogen-bond donors (Lipinski definition) is 0. The zero-order chi connectivity index (χ0) is 19.7. The van der Waals surface area contributed by atoms with Gasteiger partial charge in [0, 0.05) is 0 Å². The molecule has 0 bridgehead atoms. The van der Waals surface area contributed by atoms with Gasteiger partial charge in [-0.1, -0.05) is 37.4 Å². The Morgan fingerprint density at radius 2 is 2.08 bits per heavy atom. The number of halogens is 6. The molecular formula is C17H14ClF5O3. The predicted octanol–water partition coefficient (Wildman–Crippen LogP) is 5.07. The maximum absolute atomic E-state index is 12.5. The molecule has 1 heterocycles. The second-order valence-electron chi connectivity index (χ2n) is 6.25. The summed E-state index contributed by atoms with van der Waals surface area (Å²) in [4.78, 5) is 12.0. The number of furan rings is 1. The van der Waals surface area contributed by atoms with Crippen LogP contribution >= 0.6 is 11.6 Å². The first-order chi connectivity index (χ1) is 11.9. The van der Waals surface area contributed by atoms with Gasteiger partial charge < -0.3 is 9.15 Å². The third kappa shape index (κ3) is 4.58. The quantitative estimate of drug-likeness (QED) is 0.405. The summed E-state index contributed by atoms with van der Waals surface area (Å²) in [5.41, 5.74) is -0.719. The molecule has 2 atom stereocenters. The number of alkyl halides is 5. The predicted molar refractivity (Wildman–Crippen MR) is 82.3 cm³/mol. The Balaban J connectivity index is 1.91. The van der Waals surface area contributed by atoms with Crippen LogP contribution in [0.4, 0.5) is 22.0 Å². The summed E-state index contributed by atoms with van der Waals surface area (Å²) in [5, 5.41) is -1.28. The lowest BCUT2D eigenvalue weighted by Crippen LogP contribution is -2.11. The molecule has 1 aromatic rings. The van der Waals surface area contributed by atoms with Crippen LogP contribution in [-0.2, 0) is 9.53 Å². The lowest BCUT2D eigenvalue weighted by atomic mass is 10.1. The third-order valence-corrected chi connectivity index (χ3v) is 4.44. The third-order valence-electron chi connectivity index (χ3n) is 4.10. The summed E-state index contributed by atoms with van der Waals surface area (Å²) in [5.74, 6) is 2.12. The largest absolute Gasteiger partial charge is 0.452 e. The summed E-state index contributed by atoms with van der Waals surface area (Å²) < 4.78 is 71.8. The van der Waals surface area contributed by atoms with E-state index in [0.29, 0.717) is 0 Å². The Labute approximate surface area is 151 Å². The first kappa shape index (κ1) is 20.3. The molecule has 26 heavy (non-hydrogen) atoms. The van der Waals surface area contributed by atoms with Crippen molar-refractivity contribution in [3.05, 3.63) is 34.8 Å². The standard InChI is InChI=1S/C17H14ClF5O3/c1-16(2)10(8-12(18)17(21,22)23)13(16)15(24)25-7-3-4-9-5-6-11(26-9)14(19)20/h5-6,8,10,13-14H,7H2,1-2H3/b12-8-/t10-,13+/m1/s1. The van der Waals surface area contributed by atoms with Crippen molar-refractivity contribution in [2.45, 2.75) is 26.4 Å². The number of rotatable bonds is 4. The minimum absolute atomic E-state index is 0.0131. The molecule has 0 radical (unpaired) electrons. The van der Waals surface area contributed by atoms with Gasteiger partial charge in [0.1, 0.15) is 5.03 Å². The summed E-state index contributed by atoms with van der Waals surface area (Å²) >= 11 is 5.21. The van der Waals surface area contributed by atoms with E-state index in [0.717, 1.165) is 12.1 Å². The molecule has 142 valence electrons. The first-order valence-electron chi connectivity index (χ1n) is 7.42. The van der Waals surface area contributed by atoms with Crippen LogP contribution in [0.1, 0.15) is 31.8 Å². The minimum Gasteiger partial charge on any atom is -0.452 e. The lowest BCUT2D eigenvalue weighted by molar-refractivity contribution is -0.144. The van der Waals surface area contributed by atoms with E-state index < -0.39 is 46.6 Å². The summed E-state index contributed by atoms with van der Waals surface area (Å²) in [7, 11) is 0. The van der Waals surface area contributed by atoms with E-state index in [1.807, 2.05) is 0 Å². The highest BCUT2D eigenvalue weighted by molar-refractivity contribution is 6.30. The molecule has 0 saturated heterocycles. The van der Waals surface area contributed by atoms with Gasteiger partial charge in [0.2, 0.25) is 0 Å². The van der Waals surface area contributed by atoms with Crippen molar-refractivity contribution >= 4 is 17.6 Å². The van der Waals surface area contributed by atoms with Crippen LogP contribution in [0.3, 0.4) is 0 Å². The molecular weight excluding hydrogens is 383 g/mol. The van der Waals surface area contributed by atoms with Gasteiger partial charge >= 0.3 is 12.1 Å². The Morgan fingerprint density at radius 1 is 1.42 bits per heavy atom. The zero-order valence-electron chi connectivity index (χ0n) is 13.7. The number of ether oxygens (including phenoxy) is 1. The van der Waals surface area contributed by atoms with Crippen LogP contribution < -0.4 is 0 Å². The molecule has 1 aromatic heterocycles. The zero-order valence-corrected chi connectivity index (χ0v) is 14.4. The lowest BCUT2D eigenvalue weighted by Gasteiger charge is -2.04. The Hall–Kier alpha value is -2.01. The molecule has 0 unspecified atom stereocenters. The number of carbonyl (C=O) groups is 1. The Bertz CT molecular complexity index is 767. The molecule has 0 aliphatic heterocycles. The van der Waals surface area contributed by atoms with Gasteiger partial charge in [-0.2, -0.15) is 13.2 Å². The molecule has 0 aromatic carbocycles. The van der Waals surface area contributed by atoms with E-state index in [9.17, 15) is 26.7 Å². The van der Waals surface area contributed by atoms with Gasteiger partial charge in [-0.25, -0.2) is 8.78 Å². The van der Waals surface area contributed by atoms with Crippen LogP contribution in [0, 0.1) is 29.1 Å². The molecule has 0 amide bonds. The molecule has 0 spiro atoms. The van der Waals surface area contributed by atoms with Gasteiger partial charge in [-0.3, -0.25) is 4.79 Å². The van der Waals surface area contributed by atoms with Crippen molar-refractivity contribution in [1.82, 2.24) is 0 Å². The van der Waals surface area contributed by atoms with Crippen molar-refractivity contribution in [3.8, 4) is 11.8 Å². The fourth-order valence-electron chi connectivity index (χ4n) is 2.55. The number of allylic oxidation sites excluding steroid dienone is 2.